The Morgan fingerprint density at radius 1 is 1.24 bits per heavy atom. The number of carbonyl (C=O) groups excluding carboxylic acids is 2. The monoisotopic (exact) mass is 426 g/mol. The number of carboxylic acids is 1. The number of hydrogen-bond acceptors (Lipinski definition) is 9. The second-order valence-electron chi connectivity index (χ2n) is 6.62. The van der Waals surface area contributed by atoms with Gasteiger partial charge in [0.15, 0.2) is 11.5 Å². The SMILES string of the molecule is COC(=O)CCSc1nc(C(=O)O)cnc1NC/C=C/CNC(=O)OC(C)(C)C. The summed E-state index contributed by atoms with van der Waals surface area (Å²) < 4.78 is 9.70. The summed E-state index contributed by atoms with van der Waals surface area (Å²) in [5.74, 6) is -0.786. The zero-order valence-corrected chi connectivity index (χ0v) is 17.7. The smallest absolute Gasteiger partial charge is 0.407 e. The van der Waals surface area contributed by atoms with Crippen molar-refractivity contribution in [2.75, 3.05) is 31.3 Å². The number of carbonyl (C=O) groups is 3. The minimum Gasteiger partial charge on any atom is -0.476 e. The number of anilines is 1. The van der Waals surface area contributed by atoms with Crippen molar-refractivity contribution >= 4 is 35.6 Å². The first-order valence-corrected chi connectivity index (χ1v) is 9.76. The van der Waals surface area contributed by atoms with E-state index in [-0.39, 0.29) is 18.1 Å². The summed E-state index contributed by atoms with van der Waals surface area (Å²) in [4.78, 5) is 42.0. The lowest BCUT2D eigenvalue weighted by Gasteiger charge is -2.19. The molecule has 1 amide bonds. The number of amides is 1. The van der Waals surface area contributed by atoms with Crippen molar-refractivity contribution in [3.63, 3.8) is 0 Å². The number of ether oxygens (including phenoxy) is 2. The number of carboxylic acid groups (broad SMARTS) is 1. The molecule has 0 aliphatic rings. The molecular formula is C18H26N4O6S. The molecule has 1 aromatic heterocycles. The second-order valence-corrected chi connectivity index (χ2v) is 7.71. The number of thioether (sulfide) groups is 1. The fourth-order valence-electron chi connectivity index (χ4n) is 1.81. The molecule has 0 radical (unpaired) electrons. The van der Waals surface area contributed by atoms with E-state index in [1.807, 2.05) is 0 Å². The highest BCUT2D eigenvalue weighted by atomic mass is 32.2. The van der Waals surface area contributed by atoms with Gasteiger partial charge in [-0.15, -0.1) is 11.8 Å². The van der Waals surface area contributed by atoms with Gasteiger partial charge in [-0.25, -0.2) is 19.6 Å². The molecule has 0 bridgehead atoms. The Kier molecular flexibility index (Phi) is 9.93. The fourth-order valence-corrected chi connectivity index (χ4v) is 2.70. The standard InChI is InChI=1S/C18H26N4O6S/c1-18(2,3)28-17(26)20-9-6-5-8-19-14-15(29-10-7-13(23)27-4)22-12(11-21-14)16(24)25/h5-6,11H,7-10H2,1-4H3,(H,19,21)(H,20,26)(H,24,25)/b6-5+. The number of methoxy groups -OCH3 is 1. The van der Waals surface area contributed by atoms with Gasteiger partial charge in [-0.05, 0) is 20.8 Å². The van der Waals surface area contributed by atoms with Crippen molar-refractivity contribution in [3.05, 3.63) is 24.0 Å². The van der Waals surface area contributed by atoms with E-state index in [4.69, 9.17) is 9.84 Å². The molecule has 3 N–H and O–H groups in total. The number of rotatable bonds is 10. The summed E-state index contributed by atoms with van der Waals surface area (Å²) >= 11 is 1.20. The maximum atomic E-state index is 11.5. The normalized spacial score (nSPS) is 11.2. The van der Waals surface area contributed by atoms with Gasteiger partial charge in [0.25, 0.3) is 0 Å². The number of alkyl carbamates (subject to hydrolysis) is 1. The van der Waals surface area contributed by atoms with Crippen LogP contribution in [-0.2, 0) is 14.3 Å². The summed E-state index contributed by atoms with van der Waals surface area (Å²) in [7, 11) is 1.30. The Balaban J connectivity index is 2.57. The van der Waals surface area contributed by atoms with Crippen LogP contribution >= 0.6 is 11.8 Å². The Bertz CT molecular complexity index is 748. The first-order chi connectivity index (χ1) is 13.6. The zero-order valence-electron chi connectivity index (χ0n) is 16.9. The Morgan fingerprint density at radius 2 is 1.93 bits per heavy atom. The predicted octanol–water partition coefficient (Wildman–Crippen LogP) is 2.32. The summed E-state index contributed by atoms with van der Waals surface area (Å²) in [6, 6.07) is 0. The molecule has 0 aromatic carbocycles. The zero-order chi connectivity index (χ0) is 21.9. The molecule has 0 atom stereocenters. The maximum Gasteiger partial charge on any atom is 0.407 e. The van der Waals surface area contributed by atoms with E-state index in [0.29, 0.717) is 29.7 Å². The first kappa shape index (κ1) is 24.2. The van der Waals surface area contributed by atoms with Gasteiger partial charge < -0.3 is 25.2 Å². The van der Waals surface area contributed by atoms with Crippen LogP contribution in [0.1, 0.15) is 37.7 Å². The molecule has 0 saturated carbocycles. The lowest BCUT2D eigenvalue weighted by molar-refractivity contribution is -0.140. The average molecular weight is 426 g/mol. The van der Waals surface area contributed by atoms with Gasteiger partial charge in [0, 0.05) is 18.8 Å². The number of aromatic nitrogens is 2. The van der Waals surface area contributed by atoms with Gasteiger partial charge >= 0.3 is 18.0 Å². The van der Waals surface area contributed by atoms with Crippen LogP contribution < -0.4 is 10.6 Å². The summed E-state index contributed by atoms with van der Waals surface area (Å²) in [6.45, 7) is 6.01. The van der Waals surface area contributed by atoms with Gasteiger partial charge in [-0.1, -0.05) is 12.2 Å². The lowest BCUT2D eigenvalue weighted by Crippen LogP contribution is -2.32. The third kappa shape index (κ3) is 10.3. The van der Waals surface area contributed by atoms with Gasteiger partial charge in [0.2, 0.25) is 0 Å². The van der Waals surface area contributed by atoms with Gasteiger partial charge in [0.05, 0.1) is 19.7 Å². The van der Waals surface area contributed by atoms with E-state index >= 15 is 0 Å². The van der Waals surface area contributed by atoms with Crippen molar-refractivity contribution in [3.8, 4) is 0 Å². The van der Waals surface area contributed by atoms with Crippen LogP contribution in [0.4, 0.5) is 10.6 Å². The molecule has 1 aromatic rings. The third-order valence-corrected chi connectivity index (χ3v) is 4.02. The first-order valence-electron chi connectivity index (χ1n) is 8.78. The summed E-state index contributed by atoms with van der Waals surface area (Å²) in [5.41, 5.74) is -0.744. The molecule has 29 heavy (non-hydrogen) atoms. The molecule has 11 heteroatoms. The molecule has 10 nitrogen and oxygen atoms in total. The molecule has 0 aliphatic carbocycles. The largest absolute Gasteiger partial charge is 0.476 e. The molecular weight excluding hydrogens is 400 g/mol. The van der Waals surface area contributed by atoms with Gasteiger partial charge in [0.1, 0.15) is 10.6 Å². The minimum atomic E-state index is -1.19. The number of nitrogens with zero attached hydrogens (tertiary/aromatic N) is 2. The number of hydrogen-bond donors (Lipinski definition) is 3. The van der Waals surface area contributed by atoms with E-state index in [1.165, 1.54) is 18.9 Å². The molecule has 0 spiro atoms. The predicted molar refractivity (Wildman–Crippen MR) is 108 cm³/mol. The second kappa shape index (κ2) is 11.9. The van der Waals surface area contributed by atoms with Crippen LogP contribution in [0.5, 0.6) is 0 Å². The maximum absolute atomic E-state index is 11.5. The Labute approximate surface area is 173 Å². The quantitative estimate of drug-likeness (QED) is 0.290. The fraction of sp³-hybridized carbons (Fsp3) is 0.500. The van der Waals surface area contributed by atoms with Gasteiger partial charge in [-0.2, -0.15) is 0 Å². The minimum absolute atomic E-state index is 0.163. The molecule has 1 heterocycles. The Hall–Kier alpha value is -2.82. The number of aromatic carboxylic acids is 1. The highest BCUT2D eigenvalue weighted by Gasteiger charge is 2.15. The van der Waals surface area contributed by atoms with Crippen LogP contribution in [0, 0.1) is 0 Å². The van der Waals surface area contributed by atoms with Crippen molar-refractivity contribution in [2.45, 2.75) is 37.8 Å². The number of nitrogens with one attached hydrogen (secondary N) is 2. The third-order valence-electron chi connectivity index (χ3n) is 3.05. The van der Waals surface area contributed by atoms with E-state index in [2.05, 4.69) is 25.3 Å². The van der Waals surface area contributed by atoms with Crippen LogP contribution in [0.3, 0.4) is 0 Å². The molecule has 0 saturated heterocycles. The van der Waals surface area contributed by atoms with Gasteiger partial charge in [-0.3, -0.25) is 4.79 Å². The lowest BCUT2D eigenvalue weighted by atomic mass is 10.2. The van der Waals surface area contributed by atoms with Crippen molar-refractivity contribution in [1.29, 1.82) is 0 Å². The van der Waals surface area contributed by atoms with E-state index in [0.717, 1.165) is 6.20 Å². The topological polar surface area (TPSA) is 140 Å². The summed E-state index contributed by atoms with van der Waals surface area (Å²) in [5, 5.41) is 15.1. The van der Waals surface area contributed by atoms with Crippen LogP contribution in [0.15, 0.2) is 23.4 Å². The van der Waals surface area contributed by atoms with E-state index < -0.39 is 17.7 Å². The molecule has 1 rings (SSSR count). The molecule has 0 fully saturated rings. The highest BCUT2D eigenvalue weighted by Crippen LogP contribution is 2.24. The van der Waals surface area contributed by atoms with Crippen molar-refractivity contribution in [1.82, 2.24) is 15.3 Å². The average Bonchev–Trinajstić information content (AvgIpc) is 2.63. The van der Waals surface area contributed by atoms with Crippen LogP contribution in [0.25, 0.3) is 0 Å². The Morgan fingerprint density at radius 3 is 2.55 bits per heavy atom. The van der Waals surface area contributed by atoms with E-state index in [1.54, 1.807) is 32.9 Å². The van der Waals surface area contributed by atoms with E-state index in [9.17, 15) is 14.4 Å². The molecule has 0 unspecified atom stereocenters. The molecule has 0 aliphatic heterocycles. The summed E-state index contributed by atoms with van der Waals surface area (Å²) in [6.07, 6.45) is 4.32. The molecule has 160 valence electrons. The number of esters is 1. The van der Waals surface area contributed by atoms with Crippen LogP contribution in [-0.4, -0.2) is 64.7 Å². The van der Waals surface area contributed by atoms with Crippen molar-refractivity contribution < 1.29 is 29.0 Å². The van der Waals surface area contributed by atoms with Crippen molar-refractivity contribution in [2.24, 2.45) is 0 Å². The van der Waals surface area contributed by atoms with Crippen LogP contribution in [0.2, 0.25) is 0 Å². The highest BCUT2D eigenvalue weighted by molar-refractivity contribution is 7.99.